The van der Waals surface area contributed by atoms with E-state index < -0.39 is 29.7 Å². The standard InChI is InChI=1S/C22H28N4O8/c23-6-8-33-10-12-34-11-9-32-7-5-19(28)24-14-1-2-15-16(13-14)22(31)26(21(15)30)17-3-4-18(27)25-20(17)29/h1-2,13,17H,3-12,23H2,(H,24,28)(H,25,27,29). The molecule has 0 radical (unpaired) electrons. The smallest absolute Gasteiger partial charge is 0.262 e. The van der Waals surface area contributed by atoms with Crippen molar-refractivity contribution in [1.82, 2.24) is 10.2 Å². The lowest BCUT2D eigenvalue weighted by Gasteiger charge is -2.27. The van der Waals surface area contributed by atoms with Crippen LogP contribution in [-0.4, -0.2) is 86.7 Å². The first-order valence-corrected chi connectivity index (χ1v) is 11.0. The molecule has 1 fully saturated rings. The summed E-state index contributed by atoms with van der Waals surface area (Å²) in [4.78, 5) is 62.1. The summed E-state index contributed by atoms with van der Waals surface area (Å²) in [6.45, 7) is 2.73. The second kappa shape index (κ2) is 12.3. The van der Waals surface area contributed by atoms with Gasteiger partial charge in [-0.15, -0.1) is 0 Å². The molecule has 4 N–H and O–H groups in total. The number of fused-ring (bicyclic) bond motifs is 1. The maximum atomic E-state index is 12.8. The molecular formula is C22H28N4O8. The van der Waals surface area contributed by atoms with E-state index in [2.05, 4.69) is 10.6 Å². The molecule has 1 saturated heterocycles. The minimum Gasteiger partial charge on any atom is -0.379 e. The molecule has 0 aliphatic carbocycles. The third-order valence-corrected chi connectivity index (χ3v) is 5.20. The van der Waals surface area contributed by atoms with Crippen LogP contribution in [0.15, 0.2) is 18.2 Å². The molecule has 2 aliphatic heterocycles. The first-order valence-electron chi connectivity index (χ1n) is 11.0. The van der Waals surface area contributed by atoms with E-state index in [9.17, 15) is 24.0 Å². The number of nitrogens with one attached hydrogen (secondary N) is 2. The summed E-state index contributed by atoms with van der Waals surface area (Å²) >= 11 is 0. The Bertz CT molecular complexity index is 951. The van der Waals surface area contributed by atoms with Gasteiger partial charge in [0.25, 0.3) is 11.8 Å². The van der Waals surface area contributed by atoms with Gasteiger partial charge in [-0.25, -0.2) is 0 Å². The van der Waals surface area contributed by atoms with Crippen LogP contribution >= 0.6 is 0 Å². The van der Waals surface area contributed by atoms with Crippen LogP contribution in [0.3, 0.4) is 0 Å². The predicted molar refractivity (Wildman–Crippen MR) is 118 cm³/mol. The molecule has 1 atom stereocenters. The number of amides is 5. The Balaban J connectivity index is 1.43. The first-order chi connectivity index (χ1) is 16.4. The summed E-state index contributed by atoms with van der Waals surface area (Å²) in [5, 5.41) is 4.81. The van der Waals surface area contributed by atoms with E-state index in [1.54, 1.807) is 0 Å². The van der Waals surface area contributed by atoms with Crippen molar-refractivity contribution in [3.05, 3.63) is 29.3 Å². The summed E-state index contributed by atoms with van der Waals surface area (Å²) in [6, 6.07) is 3.31. The highest BCUT2D eigenvalue weighted by Gasteiger charge is 2.44. The Kier molecular flexibility index (Phi) is 9.22. The maximum absolute atomic E-state index is 12.8. The Morgan fingerprint density at radius 3 is 2.29 bits per heavy atom. The number of nitrogens with two attached hydrogens (primary N) is 1. The molecule has 184 valence electrons. The molecule has 0 saturated carbocycles. The number of ether oxygens (including phenoxy) is 3. The molecular weight excluding hydrogens is 448 g/mol. The quantitative estimate of drug-likeness (QED) is 0.249. The number of hydrogen-bond acceptors (Lipinski definition) is 9. The minimum absolute atomic E-state index is 0.0442. The van der Waals surface area contributed by atoms with Crippen molar-refractivity contribution in [3.8, 4) is 0 Å². The number of benzene rings is 1. The van der Waals surface area contributed by atoms with E-state index in [-0.39, 0.29) is 42.9 Å². The van der Waals surface area contributed by atoms with Gasteiger partial charge < -0.3 is 25.3 Å². The van der Waals surface area contributed by atoms with Crippen LogP contribution in [0.5, 0.6) is 0 Å². The number of carbonyl (C=O) groups excluding carboxylic acids is 5. The largest absolute Gasteiger partial charge is 0.379 e. The number of rotatable bonds is 13. The Labute approximate surface area is 196 Å². The minimum atomic E-state index is -1.04. The van der Waals surface area contributed by atoms with Crippen molar-refractivity contribution < 1.29 is 38.2 Å². The average Bonchev–Trinajstić information content (AvgIpc) is 3.05. The van der Waals surface area contributed by atoms with Crippen molar-refractivity contribution in [1.29, 1.82) is 0 Å². The van der Waals surface area contributed by atoms with Gasteiger partial charge >= 0.3 is 0 Å². The summed E-state index contributed by atoms with van der Waals surface area (Å²) < 4.78 is 15.8. The topological polar surface area (TPSA) is 166 Å². The number of nitrogens with zero attached hydrogens (tertiary/aromatic N) is 1. The first kappa shape index (κ1) is 25.4. The van der Waals surface area contributed by atoms with E-state index in [4.69, 9.17) is 19.9 Å². The van der Waals surface area contributed by atoms with Crippen LogP contribution in [0.4, 0.5) is 5.69 Å². The Morgan fingerprint density at radius 1 is 0.971 bits per heavy atom. The highest BCUT2D eigenvalue weighted by molar-refractivity contribution is 6.23. The molecule has 12 nitrogen and oxygen atoms in total. The fourth-order valence-corrected chi connectivity index (χ4v) is 3.56. The summed E-state index contributed by atoms with van der Waals surface area (Å²) in [7, 11) is 0. The van der Waals surface area contributed by atoms with E-state index >= 15 is 0 Å². The highest BCUT2D eigenvalue weighted by Crippen LogP contribution is 2.29. The normalized spacial score (nSPS) is 17.7. The SMILES string of the molecule is NCCOCCOCCOCCC(=O)Nc1ccc2c(c1)C(=O)N(C1CCC(=O)NC1=O)C2=O. The van der Waals surface area contributed by atoms with Crippen molar-refractivity contribution in [2.45, 2.75) is 25.3 Å². The van der Waals surface area contributed by atoms with E-state index in [0.717, 1.165) is 4.90 Å². The van der Waals surface area contributed by atoms with Gasteiger partial charge in [-0.05, 0) is 24.6 Å². The molecule has 1 unspecified atom stereocenters. The molecule has 12 heteroatoms. The summed E-state index contributed by atoms with van der Waals surface area (Å²) in [5.74, 6) is -2.68. The van der Waals surface area contributed by atoms with Crippen molar-refractivity contribution in [2.24, 2.45) is 5.73 Å². The maximum Gasteiger partial charge on any atom is 0.262 e. The fraction of sp³-hybridized carbons (Fsp3) is 0.500. The van der Waals surface area contributed by atoms with Gasteiger partial charge in [-0.3, -0.25) is 34.2 Å². The van der Waals surface area contributed by atoms with Crippen molar-refractivity contribution in [3.63, 3.8) is 0 Å². The van der Waals surface area contributed by atoms with Crippen LogP contribution in [0.2, 0.25) is 0 Å². The van der Waals surface area contributed by atoms with Gasteiger partial charge in [0, 0.05) is 18.7 Å². The van der Waals surface area contributed by atoms with Gasteiger partial charge in [0.1, 0.15) is 6.04 Å². The van der Waals surface area contributed by atoms with Gasteiger partial charge in [0.05, 0.1) is 57.2 Å². The molecule has 3 rings (SSSR count). The second-order valence-electron chi connectivity index (χ2n) is 7.63. The number of hydrogen-bond donors (Lipinski definition) is 3. The lowest BCUT2D eigenvalue weighted by molar-refractivity contribution is -0.136. The average molecular weight is 476 g/mol. The van der Waals surface area contributed by atoms with Crippen LogP contribution < -0.4 is 16.4 Å². The van der Waals surface area contributed by atoms with E-state index in [1.165, 1.54) is 18.2 Å². The Hall–Kier alpha value is -3.19. The molecule has 2 heterocycles. The van der Waals surface area contributed by atoms with Crippen LogP contribution in [0.1, 0.15) is 40.0 Å². The Morgan fingerprint density at radius 2 is 1.62 bits per heavy atom. The van der Waals surface area contributed by atoms with Gasteiger partial charge in [-0.1, -0.05) is 0 Å². The van der Waals surface area contributed by atoms with E-state index in [1.807, 2.05) is 0 Å². The van der Waals surface area contributed by atoms with Crippen LogP contribution in [-0.2, 0) is 28.6 Å². The van der Waals surface area contributed by atoms with Gasteiger partial charge in [0.2, 0.25) is 17.7 Å². The number of carbonyl (C=O) groups is 5. The highest BCUT2D eigenvalue weighted by atomic mass is 16.5. The monoisotopic (exact) mass is 476 g/mol. The molecule has 0 bridgehead atoms. The zero-order valence-corrected chi connectivity index (χ0v) is 18.7. The lowest BCUT2D eigenvalue weighted by atomic mass is 10.0. The van der Waals surface area contributed by atoms with Crippen molar-refractivity contribution in [2.75, 3.05) is 51.5 Å². The van der Waals surface area contributed by atoms with Crippen LogP contribution in [0, 0.1) is 0 Å². The summed E-state index contributed by atoms with van der Waals surface area (Å²) in [5.41, 5.74) is 5.88. The van der Waals surface area contributed by atoms with Gasteiger partial charge in [0.15, 0.2) is 0 Å². The van der Waals surface area contributed by atoms with E-state index in [0.29, 0.717) is 45.3 Å². The molecule has 0 spiro atoms. The third-order valence-electron chi connectivity index (χ3n) is 5.20. The fourth-order valence-electron chi connectivity index (χ4n) is 3.56. The molecule has 1 aromatic carbocycles. The molecule has 5 amide bonds. The molecule has 0 aromatic heterocycles. The number of anilines is 1. The van der Waals surface area contributed by atoms with Crippen LogP contribution in [0.25, 0.3) is 0 Å². The third kappa shape index (κ3) is 6.44. The predicted octanol–water partition coefficient (Wildman–Crippen LogP) is -0.575. The van der Waals surface area contributed by atoms with Gasteiger partial charge in [-0.2, -0.15) is 0 Å². The molecule has 34 heavy (non-hydrogen) atoms. The zero-order valence-electron chi connectivity index (χ0n) is 18.7. The summed E-state index contributed by atoms with van der Waals surface area (Å²) in [6.07, 6.45) is 0.210. The second-order valence-corrected chi connectivity index (χ2v) is 7.63. The zero-order chi connectivity index (χ0) is 24.5. The number of imide groups is 2. The molecule has 2 aliphatic rings. The van der Waals surface area contributed by atoms with Crippen molar-refractivity contribution >= 4 is 35.2 Å². The lowest BCUT2D eigenvalue weighted by Crippen LogP contribution is -2.54. The number of piperidine rings is 1. The molecule has 1 aromatic rings.